The molecule has 0 aromatic heterocycles. The summed E-state index contributed by atoms with van der Waals surface area (Å²) in [7, 11) is 0. The molecule has 0 aliphatic rings. The second-order valence-corrected chi connectivity index (χ2v) is 3.94. The molecule has 0 bridgehead atoms. The average Bonchev–Trinajstić information content (AvgIpc) is 2.28. The Bertz CT molecular complexity index is 330. The first-order valence-electron chi connectivity index (χ1n) is 5.50. The van der Waals surface area contributed by atoms with E-state index in [0.29, 0.717) is 13.0 Å². The Morgan fingerprint density at radius 1 is 1.38 bits per heavy atom. The summed E-state index contributed by atoms with van der Waals surface area (Å²) in [6.07, 6.45) is 0.603. The number of rotatable bonds is 5. The van der Waals surface area contributed by atoms with Gasteiger partial charge >= 0.3 is 5.97 Å². The first kappa shape index (κ1) is 12.7. The topological polar surface area (TPSA) is 46.5 Å². The van der Waals surface area contributed by atoms with E-state index in [9.17, 15) is 9.90 Å². The van der Waals surface area contributed by atoms with Crippen LogP contribution >= 0.6 is 0 Å². The van der Waals surface area contributed by atoms with Crippen LogP contribution in [0.15, 0.2) is 30.3 Å². The van der Waals surface area contributed by atoms with E-state index in [0.717, 1.165) is 5.56 Å². The number of aliphatic hydroxyl groups is 1. The minimum absolute atomic E-state index is 0.232. The fourth-order valence-corrected chi connectivity index (χ4v) is 1.52. The molecule has 1 rings (SSSR count). The predicted molar refractivity (Wildman–Crippen MR) is 61.9 cm³/mol. The molecule has 0 amide bonds. The van der Waals surface area contributed by atoms with E-state index in [4.69, 9.17) is 4.74 Å². The molecule has 0 aliphatic heterocycles. The van der Waals surface area contributed by atoms with Crippen LogP contribution in [-0.2, 0) is 15.1 Å². The molecule has 1 N–H and O–H groups in total. The third-order valence-electron chi connectivity index (χ3n) is 2.52. The van der Waals surface area contributed by atoms with Crippen molar-refractivity contribution in [2.24, 2.45) is 0 Å². The highest BCUT2D eigenvalue weighted by Gasteiger charge is 2.23. The Labute approximate surface area is 96.1 Å². The zero-order valence-corrected chi connectivity index (χ0v) is 9.77. The Morgan fingerprint density at radius 3 is 2.56 bits per heavy atom. The lowest BCUT2D eigenvalue weighted by molar-refractivity contribution is -0.144. The molecule has 1 aromatic rings. The number of carbonyl (C=O) groups is 1. The maximum Gasteiger partial charge on any atom is 0.305 e. The number of carbonyl (C=O) groups excluding carboxylic acids is 1. The van der Waals surface area contributed by atoms with E-state index in [1.165, 1.54) is 0 Å². The lowest BCUT2D eigenvalue weighted by atomic mass is 9.91. The van der Waals surface area contributed by atoms with Crippen molar-refractivity contribution in [3.8, 4) is 0 Å². The summed E-state index contributed by atoms with van der Waals surface area (Å²) >= 11 is 0. The van der Waals surface area contributed by atoms with Gasteiger partial charge in [-0.15, -0.1) is 0 Å². The molecule has 88 valence electrons. The first-order chi connectivity index (χ1) is 7.56. The SMILES string of the molecule is CCOC(=O)CCC(C)(O)c1ccccc1. The van der Waals surface area contributed by atoms with Gasteiger partial charge < -0.3 is 9.84 Å². The molecular weight excluding hydrogens is 204 g/mol. The van der Waals surface area contributed by atoms with Gasteiger partial charge in [-0.25, -0.2) is 0 Å². The van der Waals surface area contributed by atoms with E-state index in [-0.39, 0.29) is 12.4 Å². The monoisotopic (exact) mass is 222 g/mol. The summed E-state index contributed by atoms with van der Waals surface area (Å²) in [6, 6.07) is 9.34. The van der Waals surface area contributed by atoms with Crippen LogP contribution in [0, 0.1) is 0 Å². The minimum atomic E-state index is -0.978. The van der Waals surface area contributed by atoms with Crippen molar-refractivity contribution in [3.63, 3.8) is 0 Å². The zero-order chi connectivity index (χ0) is 12.0. The standard InChI is InChI=1S/C13H18O3/c1-3-16-12(14)9-10-13(2,15)11-7-5-4-6-8-11/h4-8,15H,3,9-10H2,1-2H3. The van der Waals surface area contributed by atoms with Gasteiger partial charge in [0.1, 0.15) is 0 Å². The van der Waals surface area contributed by atoms with Crippen LogP contribution in [-0.4, -0.2) is 17.7 Å². The van der Waals surface area contributed by atoms with Crippen LogP contribution in [0.5, 0.6) is 0 Å². The third-order valence-corrected chi connectivity index (χ3v) is 2.52. The number of hydrogen-bond donors (Lipinski definition) is 1. The van der Waals surface area contributed by atoms with E-state index >= 15 is 0 Å². The quantitative estimate of drug-likeness (QED) is 0.777. The molecule has 0 saturated carbocycles. The maximum atomic E-state index is 11.2. The van der Waals surface area contributed by atoms with E-state index in [1.807, 2.05) is 30.3 Å². The fraction of sp³-hybridized carbons (Fsp3) is 0.462. The van der Waals surface area contributed by atoms with Crippen molar-refractivity contribution >= 4 is 5.97 Å². The highest BCUT2D eigenvalue weighted by molar-refractivity contribution is 5.69. The highest BCUT2D eigenvalue weighted by Crippen LogP contribution is 2.25. The maximum absolute atomic E-state index is 11.2. The van der Waals surface area contributed by atoms with Crippen LogP contribution in [0.2, 0.25) is 0 Å². The first-order valence-corrected chi connectivity index (χ1v) is 5.50. The minimum Gasteiger partial charge on any atom is -0.466 e. The molecule has 16 heavy (non-hydrogen) atoms. The molecule has 3 nitrogen and oxygen atoms in total. The van der Waals surface area contributed by atoms with Crippen molar-refractivity contribution in [2.45, 2.75) is 32.3 Å². The largest absolute Gasteiger partial charge is 0.466 e. The normalized spacial score (nSPS) is 14.2. The molecule has 1 atom stereocenters. The second-order valence-electron chi connectivity index (χ2n) is 3.94. The van der Waals surface area contributed by atoms with Gasteiger partial charge in [-0.3, -0.25) is 4.79 Å². The summed E-state index contributed by atoms with van der Waals surface area (Å²) in [5.41, 5.74) is -0.159. The number of hydrogen-bond acceptors (Lipinski definition) is 3. The fourth-order valence-electron chi connectivity index (χ4n) is 1.52. The van der Waals surface area contributed by atoms with E-state index in [1.54, 1.807) is 13.8 Å². The van der Waals surface area contributed by atoms with Gasteiger partial charge in [0.2, 0.25) is 0 Å². The molecule has 3 heteroatoms. The molecule has 1 unspecified atom stereocenters. The summed E-state index contributed by atoms with van der Waals surface area (Å²) in [5, 5.41) is 10.2. The molecule has 1 aromatic carbocycles. The Balaban J connectivity index is 2.55. The van der Waals surface area contributed by atoms with Crippen LogP contribution < -0.4 is 0 Å². The van der Waals surface area contributed by atoms with E-state index in [2.05, 4.69) is 0 Å². The Kier molecular flexibility index (Phi) is 4.50. The van der Waals surface area contributed by atoms with Gasteiger partial charge in [0, 0.05) is 6.42 Å². The van der Waals surface area contributed by atoms with Crippen LogP contribution in [0.4, 0.5) is 0 Å². The van der Waals surface area contributed by atoms with Crippen molar-refractivity contribution in [1.82, 2.24) is 0 Å². The van der Waals surface area contributed by atoms with Gasteiger partial charge in [0.15, 0.2) is 0 Å². The summed E-state index contributed by atoms with van der Waals surface area (Å²) in [4.78, 5) is 11.2. The highest BCUT2D eigenvalue weighted by atomic mass is 16.5. The van der Waals surface area contributed by atoms with Crippen LogP contribution in [0.25, 0.3) is 0 Å². The molecule has 0 spiro atoms. The van der Waals surface area contributed by atoms with Crippen molar-refractivity contribution in [2.75, 3.05) is 6.61 Å². The predicted octanol–water partition coefficient (Wildman–Crippen LogP) is 2.24. The summed E-state index contributed by atoms with van der Waals surface area (Å²) in [6.45, 7) is 3.86. The molecule has 0 saturated heterocycles. The van der Waals surface area contributed by atoms with E-state index < -0.39 is 5.60 Å². The van der Waals surface area contributed by atoms with Crippen LogP contribution in [0.3, 0.4) is 0 Å². The molecule has 0 heterocycles. The molecular formula is C13H18O3. The van der Waals surface area contributed by atoms with Crippen molar-refractivity contribution in [3.05, 3.63) is 35.9 Å². The van der Waals surface area contributed by atoms with Crippen LogP contribution in [0.1, 0.15) is 32.3 Å². The van der Waals surface area contributed by atoms with Gasteiger partial charge in [-0.05, 0) is 25.8 Å². The molecule has 0 aliphatic carbocycles. The number of benzene rings is 1. The van der Waals surface area contributed by atoms with Crippen molar-refractivity contribution in [1.29, 1.82) is 0 Å². The lowest BCUT2D eigenvalue weighted by Gasteiger charge is -2.23. The summed E-state index contributed by atoms with van der Waals surface area (Å²) < 4.78 is 4.82. The van der Waals surface area contributed by atoms with Gasteiger partial charge in [-0.1, -0.05) is 30.3 Å². The average molecular weight is 222 g/mol. The number of ether oxygens (including phenoxy) is 1. The van der Waals surface area contributed by atoms with Crippen molar-refractivity contribution < 1.29 is 14.6 Å². The van der Waals surface area contributed by atoms with Gasteiger partial charge in [-0.2, -0.15) is 0 Å². The smallest absolute Gasteiger partial charge is 0.305 e. The Hall–Kier alpha value is -1.35. The van der Waals surface area contributed by atoms with Gasteiger partial charge in [0.05, 0.1) is 12.2 Å². The third kappa shape index (κ3) is 3.66. The molecule has 0 fully saturated rings. The Morgan fingerprint density at radius 2 is 2.00 bits per heavy atom. The van der Waals surface area contributed by atoms with Gasteiger partial charge in [0.25, 0.3) is 0 Å². The lowest BCUT2D eigenvalue weighted by Crippen LogP contribution is -2.22. The summed E-state index contributed by atoms with van der Waals surface area (Å²) in [5.74, 6) is -0.265. The molecule has 0 radical (unpaired) electrons. The number of esters is 1. The second kappa shape index (κ2) is 5.66. The zero-order valence-electron chi connectivity index (χ0n) is 9.77.